The SMILES string of the molecule is C#CCOC(OCC#C)C(C)(CCCI)C(=O)OC. The molecular weight excluding hydrogens is 359 g/mol. The molecule has 0 radical (unpaired) electrons. The van der Waals surface area contributed by atoms with Crippen LogP contribution in [0.25, 0.3) is 0 Å². The lowest BCUT2D eigenvalue weighted by Gasteiger charge is -2.33. The molecule has 5 heteroatoms. The van der Waals surface area contributed by atoms with Gasteiger partial charge in [0.2, 0.25) is 0 Å². The minimum Gasteiger partial charge on any atom is -0.468 e. The predicted octanol–water partition coefficient (Wildman–Crippen LogP) is 2.01. The monoisotopic (exact) mass is 378 g/mol. The number of ether oxygens (including phenoxy) is 3. The average molecular weight is 378 g/mol. The molecule has 0 rings (SSSR count). The number of hydrogen-bond donors (Lipinski definition) is 0. The fourth-order valence-electron chi connectivity index (χ4n) is 1.65. The fraction of sp³-hybridized carbons (Fsp3) is 0.643. The molecule has 0 spiro atoms. The first-order chi connectivity index (χ1) is 9.06. The topological polar surface area (TPSA) is 44.8 Å². The molecule has 106 valence electrons. The van der Waals surface area contributed by atoms with Gasteiger partial charge in [-0.3, -0.25) is 4.79 Å². The van der Waals surface area contributed by atoms with Crippen LogP contribution in [0.1, 0.15) is 19.8 Å². The first-order valence-corrected chi connectivity index (χ1v) is 7.33. The highest BCUT2D eigenvalue weighted by atomic mass is 127. The third kappa shape index (κ3) is 5.82. The van der Waals surface area contributed by atoms with Crippen molar-refractivity contribution in [1.82, 2.24) is 0 Å². The zero-order valence-corrected chi connectivity index (χ0v) is 13.4. The van der Waals surface area contributed by atoms with Gasteiger partial charge >= 0.3 is 5.97 Å². The average Bonchev–Trinajstić information content (AvgIpc) is 2.43. The summed E-state index contributed by atoms with van der Waals surface area (Å²) in [6.07, 6.45) is 10.9. The van der Waals surface area contributed by atoms with Crippen LogP contribution in [0.5, 0.6) is 0 Å². The second-order valence-corrected chi connectivity index (χ2v) is 5.14. The zero-order valence-electron chi connectivity index (χ0n) is 11.3. The third-order valence-electron chi connectivity index (χ3n) is 2.64. The molecule has 0 aromatic carbocycles. The highest BCUT2D eigenvalue weighted by molar-refractivity contribution is 14.1. The van der Waals surface area contributed by atoms with Gasteiger partial charge in [-0.1, -0.05) is 34.4 Å². The summed E-state index contributed by atoms with van der Waals surface area (Å²) in [6.45, 7) is 1.83. The molecule has 0 aliphatic heterocycles. The molecule has 0 fully saturated rings. The standard InChI is InChI=1S/C14H19IO4/c1-5-10-18-13(19-11-6-2)14(3,8-7-9-15)12(16)17-4/h1-2,13H,7-11H2,3-4H3. The van der Waals surface area contributed by atoms with Crippen molar-refractivity contribution in [1.29, 1.82) is 0 Å². The Labute approximate surface area is 128 Å². The summed E-state index contributed by atoms with van der Waals surface area (Å²) in [4.78, 5) is 12.0. The van der Waals surface area contributed by atoms with Crippen molar-refractivity contribution in [2.45, 2.75) is 26.1 Å². The maximum Gasteiger partial charge on any atom is 0.316 e. The number of carbonyl (C=O) groups is 1. The third-order valence-corrected chi connectivity index (χ3v) is 3.40. The largest absolute Gasteiger partial charge is 0.468 e. The van der Waals surface area contributed by atoms with Crippen molar-refractivity contribution in [3.63, 3.8) is 0 Å². The Morgan fingerprint density at radius 1 is 1.32 bits per heavy atom. The van der Waals surface area contributed by atoms with E-state index in [9.17, 15) is 4.79 Å². The summed E-state index contributed by atoms with van der Waals surface area (Å²) in [5.74, 6) is 4.31. The van der Waals surface area contributed by atoms with Crippen LogP contribution in [0.3, 0.4) is 0 Å². The number of alkyl halides is 1. The second-order valence-electron chi connectivity index (χ2n) is 4.06. The predicted molar refractivity (Wildman–Crippen MR) is 81.6 cm³/mol. The van der Waals surface area contributed by atoms with Gasteiger partial charge in [-0.25, -0.2) is 0 Å². The first kappa shape index (κ1) is 18.2. The minimum atomic E-state index is -0.923. The molecule has 19 heavy (non-hydrogen) atoms. The Hall–Kier alpha value is -0.760. The molecule has 1 atom stereocenters. The lowest BCUT2D eigenvalue weighted by molar-refractivity contribution is -0.209. The Bertz CT molecular complexity index is 337. The van der Waals surface area contributed by atoms with Crippen LogP contribution < -0.4 is 0 Å². The van der Waals surface area contributed by atoms with Crippen molar-refractivity contribution in [3.05, 3.63) is 0 Å². The van der Waals surface area contributed by atoms with Gasteiger partial charge in [-0.05, 0) is 24.2 Å². The molecule has 0 aliphatic carbocycles. The van der Waals surface area contributed by atoms with Gasteiger partial charge < -0.3 is 14.2 Å². The Morgan fingerprint density at radius 3 is 2.21 bits per heavy atom. The Morgan fingerprint density at radius 2 is 1.84 bits per heavy atom. The van der Waals surface area contributed by atoms with E-state index in [0.717, 1.165) is 10.8 Å². The van der Waals surface area contributed by atoms with Crippen molar-refractivity contribution in [2.24, 2.45) is 5.41 Å². The molecule has 0 aromatic heterocycles. The highest BCUT2D eigenvalue weighted by Gasteiger charge is 2.43. The van der Waals surface area contributed by atoms with Crippen LogP contribution >= 0.6 is 22.6 Å². The number of esters is 1. The molecule has 0 aliphatic rings. The summed E-state index contributed by atoms with van der Waals surface area (Å²) < 4.78 is 16.6. The van der Waals surface area contributed by atoms with Crippen molar-refractivity contribution >= 4 is 28.6 Å². The number of hydrogen-bond acceptors (Lipinski definition) is 4. The van der Waals surface area contributed by atoms with E-state index in [1.807, 2.05) is 0 Å². The lowest BCUT2D eigenvalue weighted by Crippen LogP contribution is -2.44. The number of methoxy groups -OCH3 is 1. The molecule has 0 aromatic rings. The smallest absolute Gasteiger partial charge is 0.316 e. The van der Waals surface area contributed by atoms with Crippen molar-refractivity contribution < 1.29 is 19.0 Å². The highest BCUT2D eigenvalue weighted by Crippen LogP contribution is 2.32. The van der Waals surface area contributed by atoms with Gasteiger partial charge in [0, 0.05) is 0 Å². The molecule has 0 amide bonds. The molecule has 0 N–H and O–H groups in total. The normalized spacial score (nSPS) is 13.4. The zero-order chi connectivity index (χ0) is 14.7. The summed E-state index contributed by atoms with van der Waals surface area (Å²) in [6, 6.07) is 0. The van der Waals surface area contributed by atoms with Gasteiger partial charge in [0.25, 0.3) is 0 Å². The molecule has 0 heterocycles. The van der Waals surface area contributed by atoms with E-state index in [1.165, 1.54) is 7.11 Å². The molecular formula is C14H19IO4. The van der Waals surface area contributed by atoms with Gasteiger partial charge in [-0.2, -0.15) is 0 Å². The summed E-state index contributed by atoms with van der Waals surface area (Å²) in [7, 11) is 1.34. The number of carbonyl (C=O) groups excluding carboxylic acids is 1. The van der Waals surface area contributed by atoms with Gasteiger partial charge in [0.15, 0.2) is 6.29 Å². The van der Waals surface area contributed by atoms with Gasteiger partial charge in [0.05, 0.1) is 7.11 Å². The number of terminal acetylenes is 2. The Balaban J connectivity index is 5.04. The lowest BCUT2D eigenvalue weighted by atomic mass is 9.84. The maximum atomic E-state index is 12.0. The van der Waals surface area contributed by atoms with Crippen LogP contribution in [0.4, 0.5) is 0 Å². The fourth-order valence-corrected chi connectivity index (χ4v) is 2.03. The summed E-state index contributed by atoms with van der Waals surface area (Å²) in [5.41, 5.74) is -0.923. The molecule has 1 unspecified atom stereocenters. The van der Waals surface area contributed by atoms with Gasteiger partial charge in [-0.15, -0.1) is 12.8 Å². The van der Waals surface area contributed by atoms with Gasteiger partial charge in [0.1, 0.15) is 18.6 Å². The van der Waals surface area contributed by atoms with Crippen LogP contribution in [-0.4, -0.2) is 37.0 Å². The van der Waals surface area contributed by atoms with E-state index in [-0.39, 0.29) is 13.2 Å². The molecule has 4 nitrogen and oxygen atoms in total. The summed E-state index contributed by atoms with van der Waals surface area (Å²) >= 11 is 2.25. The van der Waals surface area contributed by atoms with E-state index in [4.69, 9.17) is 27.1 Å². The van der Waals surface area contributed by atoms with E-state index in [1.54, 1.807) is 6.92 Å². The minimum absolute atomic E-state index is 0.0477. The number of halogens is 1. The number of rotatable bonds is 9. The van der Waals surface area contributed by atoms with Crippen molar-refractivity contribution in [3.8, 4) is 24.7 Å². The second kappa shape index (κ2) is 10.1. The first-order valence-electron chi connectivity index (χ1n) is 5.81. The van der Waals surface area contributed by atoms with Crippen LogP contribution in [-0.2, 0) is 19.0 Å². The van der Waals surface area contributed by atoms with Crippen LogP contribution in [0, 0.1) is 30.1 Å². The van der Waals surface area contributed by atoms with Crippen LogP contribution in [0.2, 0.25) is 0 Å². The van der Waals surface area contributed by atoms with E-state index in [0.29, 0.717) is 6.42 Å². The quantitative estimate of drug-likeness (QED) is 0.203. The van der Waals surface area contributed by atoms with Crippen LogP contribution in [0.15, 0.2) is 0 Å². The van der Waals surface area contributed by atoms with E-state index >= 15 is 0 Å². The van der Waals surface area contributed by atoms with Crippen molar-refractivity contribution in [2.75, 3.05) is 24.8 Å². The van der Waals surface area contributed by atoms with E-state index in [2.05, 4.69) is 34.4 Å². The Kier molecular flexibility index (Phi) is 9.68. The molecule has 0 saturated carbocycles. The maximum absolute atomic E-state index is 12.0. The summed E-state index contributed by atoms with van der Waals surface area (Å²) in [5, 5.41) is 0. The van der Waals surface area contributed by atoms with E-state index < -0.39 is 17.7 Å². The molecule has 0 saturated heterocycles. The molecule has 0 bridgehead atoms.